The molecule has 100 valence electrons. The molecule has 1 unspecified atom stereocenters. The van der Waals surface area contributed by atoms with Crippen LogP contribution in [0.4, 0.5) is 8.78 Å². The molecule has 1 atom stereocenters. The van der Waals surface area contributed by atoms with Gasteiger partial charge in [-0.05, 0) is 58.6 Å². The number of halogens is 3. The zero-order valence-corrected chi connectivity index (χ0v) is 12.3. The average molecular weight is 326 g/mol. The molecule has 2 aromatic rings. The maximum atomic E-state index is 14.1. The number of nitrogens with two attached hydrogens (primary N) is 1. The van der Waals surface area contributed by atoms with E-state index in [0.29, 0.717) is 11.1 Å². The Morgan fingerprint density at radius 3 is 2.42 bits per heavy atom. The van der Waals surface area contributed by atoms with E-state index in [2.05, 4.69) is 15.9 Å². The molecule has 4 heteroatoms. The Morgan fingerprint density at radius 2 is 1.79 bits per heavy atom. The maximum Gasteiger partial charge on any atom is 0.137 e. The van der Waals surface area contributed by atoms with Crippen LogP contribution in [0.25, 0.3) is 0 Å². The maximum absolute atomic E-state index is 14.1. The van der Waals surface area contributed by atoms with Crippen LogP contribution in [0.2, 0.25) is 0 Å². The van der Waals surface area contributed by atoms with Gasteiger partial charge in [0.25, 0.3) is 0 Å². The number of hydrogen-bond acceptors (Lipinski definition) is 1. The third-order valence-electron chi connectivity index (χ3n) is 3.11. The van der Waals surface area contributed by atoms with Gasteiger partial charge in [0.05, 0.1) is 10.5 Å². The summed E-state index contributed by atoms with van der Waals surface area (Å²) < 4.78 is 27.9. The second-order valence-corrected chi connectivity index (χ2v) is 5.39. The summed E-state index contributed by atoms with van der Waals surface area (Å²) in [6, 6.07) is 7.19. The summed E-state index contributed by atoms with van der Waals surface area (Å²) >= 11 is 3.16. The minimum atomic E-state index is -0.703. The van der Waals surface area contributed by atoms with Gasteiger partial charge < -0.3 is 5.73 Å². The molecule has 0 saturated carbocycles. The van der Waals surface area contributed by atoms with Crippen LogP contribution in [-0.2, 0) is 0 Å². The summed E-state index contributed by atoms with van der Waals surface area (Å²) in [6.45, 7) is 3.63. The van der Waals surface area contributed by atoms with Gasteiger partial charge >= 0.3 is 0 Å². The van der Waals surface area contributed by atoms with Crippen LogP contribution >= 0.6 is 15.9 Å². The van der Waals surface area contributed by atoms with Gasteiger partial charge in [-0.3, -0.25) is 0 Å². The average Bonchev–Trinajstić information content (AvgIpc) is 2.31. The highest BCUT2D eigenvalue weighted by atomic mass is 79.9. The topological polar surface area (TPSA) is 26.0 Å². The monoisotopic (exact) mass is 325 g/mol. The molecule has 0 saturated heterocycles. The first-order chi connectivity index (χ1) is 8.91. The van der Waals surface area contributed by atoms with E-state index in [1.54, 1.807) is 19.1 Å². The third kappa shape index (κ3) is 2.69. The van der Waals surface area contributed by atoms with Crippen LogP contribution in [0.15, 0.2) is 34.8 Å². The van der Waals surface area contributed by atoms with Crippen molar-refractivity contribution < 1.29 is 8.78 Å². The number of benzene rings is 2. The summed E-state index contributed by atoms with van der Waals surface area (Å²) in [4.78, 5) is 0. The minimum Gasteiger partial charge on any atom is -0.320 e. The molecule has 0 fully saturated rings. The number of aryl methyl sites for hydroxylation is 2. The molecule has 2 aromatic carbocycles. The highest BCUT2D eigenvalue weighted by molar-refractivity contribution is 9.10. The molecule has 0 aliphatic rings. The summed E-state index contributed by atoms with van der Waals surface area (Å²) in [7, 11) is 0. The molecule has 0 radical (unpaired) electrons. The smallest absolute Gasteiger partial charge is 0.137 e. The van der Waals surface area contributed by atoms with E-state index in [9.17, 15) is 8.78 Å². The van der Waals surface area contributed by atoms with Gasteiger partial charge in [-0.25, -0.2) is 8.78 Å². The lowest BCUT2D eigenvalue weighted by molar-refractivity contribution is 0.590. The van der Waals surface area contributed by atoms with Crippen molar-refractivity contribution in [2.24, 2.45) is 5.73 Å². The second kappa shape index (κ2) is 5.39. The van der Waals surface area contributed by atoms with Crippen molar-refractivity contribution in [3.05, 3.63) is 68.7 Å². The molecule has 1 nitrogen and oxygen atoms in total. The lowest BCUT2D eigenvalue weighted by atomic mass is 9.94. The van der Waals surface area contributed by atoms with Gasteiger partial charge in [-0.2, -0.15) is 0 Å². The minimum absolute atomic E-state index is 0.280. The molecular weight excluding hydrogens is 312 g/mol. The fraction of sp³-hybridized carbons (Fsp3) is 0.200. The van der Waals surface area contributed by atoms with Crippen molar-refractivity contribution in [2.75, 3.05) is 0 Å². The van der Waals surface area contributed by atoms with Crippen LogP contribution in [0.1, 0.15) is 28.3 Å². The fourth-order valence-corrected chi connectivity index (χ4v) is 2.75. The summed E-state index contributed by atoms with van der Waals surface area (Å²) in [5, 5.41) is 0. The highest BCUT2D eigenvalue weighted by Gasteiger charge is 2.20. The Kier molecular flexibility index (Phi) is 4.02. The standard InChI is InChI=1S/C15H14BrF2N/c1-8-6-9(2)13(12(18)7-8)15(19)10-4-3-5-11(17)14(10)16/h3-7,15H,19H2,1-2H3. The quantitative estimate of drug-likeness (QED) is 0.870. The van der Waals surface area contributed by atoms with E-state index >= 15 is 0 Å². The SMILES string of the molecule is Cc1cc(C)c(C(N)c2cccc(F)c2Br)c(F)c1. The molecule has 0 amide bonds. The molecule has 0 spiro atoms. The summed E-state index contributed by atoms with van der Waals surface area (Å²) in [5.41, 5.74) is 8.64. The Labute approximate surface area is 119 Å². The molecule has 0 aromatic heterocycles. The van der Waals surface area contributed by atoms with E-state index in [4.69, 9.17) is 5.73 Å². The lowest BCUT2D eigenvalue weighted by Gasteiger charge is -2.18. The highest BCUT2D eigenvalue weighted by Crippen LogP contribution is 2.32. The van der Waals surface area contributed by atoms with Crippen LogP contribution in [0.5, 0.6) is 0 Å². The Hall–Kier alpha value is -1.26. The van der Waals surface area contributed by atoms with Gasteiger partial charge in [0.15, 0.2) is 0 Å². The Morgan fingerprint density at radius 1 is 1.11 bits per heavy atom. The third-order valence-corrected chi connectivity index (χ3v) is 3.94. The van der Waals surface area contributed by atoms with Crippen LogP contribution in [0.3, 0.4) is 0 Å². The van der Waals surface area contributed by atoms with Crippen molar-refractivity contribution in [3.63, 3.8) is 0 Å². The normalized spacial score (nSPS) is 12.5. The molecule has 2 N–H and O–H groups in total. The number of hydrogen-bond donors (Lipinski definition) is 1. The second-order valence-electron chi connectivity index (χ2n) is 4.60. The predicted octanol–water partition coefficient (Wildman–Crippen LogP) is 4.39. The van der Waals surface area contributed by atoms with Crippen molar-refractivity contribution in [3.8, 4) is 0 Å². The van der Waals surface area contributed by atoms with Gasteiger partial charge in [0.1, 0.15) is 11.6 Å². The first-order valence-electron chi connectivity index (χ1n) is 5.88. The molecule has 0 aliphatic heterocycles. The van der Waals surface area contributed by atoms with Crippen LogP contribution < -0.4 is 5.73 Å². The predicted molar refractivity (Wildman–Crippen MR) is 76.0 cm³/mol. The molecule has 0 bridgehead atoms. The van der Waals surface area contributed by atoms with Gasteiger partial charge in [0, 0.05) is 5.56 Å². The summed E-state index contributed by atoms with van der Waals surface area (Å²) in [5.74, 6) is -0.765. The molecule has 19 heavy (non-hydrogen) atoms. The fourth-order valence-electron chi connectivity index (χ4n) is 2.24. The van der Waals surface area contributed by atoms with Crippen LogP contribution in [-0.4, -0.2) is 0 Å². The zero-order chi connectivity index (χ0) is 14.2. The van der Waals surface area contributed by atoms with Gasteiger partial charge in [-0.1, -0.05) is 18.2 Å². The van der Waals surface area contributed by atoms with Crippen molar-refractivity contribution in [2.45, 2.75) is 19.9 Å². The number of rotatable bonds is 2. The lowest BCUT2D eigenvalue weighted by Crippen LogP contribution is -2.16. The largest absolute Gasteiger partial charge is 0.320 e. The van der Waals surface area contributed by atoms with Gasteiger partial charge in [0.2, 0.25) is 0 Å². The summed E-state index contributed by atoms with van der Waals surface area (Å²) in [6.07, 6.45) is 0. The molecular formula is C15H14BrF2N. The van der Waals surface area contributed by atoms with Gasteiger partial charge in [-0.15, -0.1) is 0 Å². The van der Waals surface area contributed by atoms with Crippen molar-refractivity contribution in [1.82, 2.24) is 0 Å². The van der Waals surface area contributed by atoms with Crippen molar-refractivity contribution >= 4 is 15.9 Å². The molecule has 2 rings (SSSR count). The van der Waals surface area contributed by atoms with E-state index in [0.717, 1.165) is 11.1 Å². The zero-order valence-electron chi connectivity index (χ0n) is 10.7. The first-order valence-corrected chi connectivity index (χ1v) is 6.67. The molecule has 0 aliphatic carbocycles. The van der Waals surface area contributed by atoms with E-state index in [1.165, 1.54) is 12.1 Å². The van der Waals surface area contributed by atoms with Crippen molar-refractivity contribution in [1.29, 1.82) is 0 Å². The Bertz CT molecular complexity index is 603. The van der Waals surface area contributed by atoms with E-state index < -0.39 is 11.9 Å². The van der Waals surface area contributed by atoms with Crippen LogP contribution in [0, 0.1) is 25.5 Å². The van der Waals surface area contributed by atoms with E-state index in [1.807, 2.05) is 13.0 Å². The van der Waals surface area contributed by atoms with E-state index in [-0.39, 0.29) is 10.3 Å². The Balaban J connectivity index is 2.56. The molecule has 0 heterocycles. The first kappa shape index (κ1) is 14.2.